The molecule has 1 fully saturated rings. The van der Waals surface area contributed by atoms with Crippen molar-refractivity contribution in [1.82, 2.24) is 4.90 Å². The number of carbonyl (C=O) groups excluding carboxylic acids is 1. The smallest absolute Gasteiger partial charge is 0.410 e. The predicted molar refractivity (Wildman–Crippen MR) is 62.8 cm³/mol. The van der Waals surface area contributed by atoms with Gasteiger partial charge < -0.3 is 15.4 Å². The van der Waals surface area contributed by atoms with Crippen molar-refractivity contribution in [2.75, 3.05) is 13.1 Å². The molecule has 1 aliphatic heterocycles. The van der Waals surface area contributed by atoms with E-state index < -0.39 is 29.4 Å². The molecule has 1 atom stereocenters. The van der Waals surface area contributed by atoms with Crippen molar-refractivity contribution in [1.29, 1.82) is 5.41 Å². The molecule has 1 heterocycles. The Morgan fingerprint density at radius 2 is 2.00 bits per heavy atom. The van der Waals surface area contributed by atoms with Gasteiger partial charge in [0.25, 0.3) is 0 Å². The molecule has 5 nitrogen and oxygen atoms in total. The summed E-state index contributed by atoms with van der Waals surface area (Å²) in [6.07, 6.45) is -0.490. The Bertz CT molecular complexity index is 353. The molecule has 0 aromatic rings. The number of nitrogens with two attached hydrogens (primary N) is 1. The van der Waals surface area contributed by atoms with Gasteiger partial charge in [-0.3, -0.25) is 5.41 Å². The summed E-state index contributed by atoms with van der Waals surface area (Å²) in [5, 5.41) is 6.87. The molecule has 1 saturated heterocycles. The van der Waals surface area contributed by atoms with E-state index >= 15 is 0 Å². The Morgan fingerprint density at radius 1 is 1.44 bits per heavy atom. The van der Waals surface area contributed by atoms with Crippen LogP contribution in [-0.4, -0.2) is 41.4 Å². The summed E-state index contributed by atoms with van der Waals surface area (Å²) >= 11 is 0. The van der Waals surface area contributed by atoms with Crippen LogP contribution in [0.4, 0.5) is 13.6 Å². The molecule has 0 spiro atoms. The van der Waals surface area contributed by atoms with E-state index in [9.17, 15) is 13.6 Å². The standard InChI is InChI=1S/C11H19F2N3O2/c1-10(2,3)18-9(17)16-5-4-7(6-16)11(12,13)8(14)15/h7H,4-6H2,1-3H3,(H3,14,15). The highest BCUT2D eigenvalue weighted by Crippen LogP contribution is 2.32. The monoisotopic (exact) mass is 263 g/mol. The first-order valence-electron chi connectivity index (χ1n) is 5.74. The summed E-state index contributed by atoms with van der Waals surface area (Å²) in [5.74, 6) is -5.63. The second-order valence-electron chi connectivity index (χ2n) is 5.45. The van der Waals surface area contributed by atoms with E-state index in [4.69, 9.17) is 15.9 Å². The Hall–Kier alpha value is -1.40. The van der Waals surface area contributed by atoms with Crippen LogP contribution in [0.5, 0.6) is 0 Å². The topological polar surface area (TPSA) is 79.4 Å². The van der Waals surface area contributed by atoms with Gasteiger partial charge in [0.15, 0.2) is 5.84 Å². The summed E-state index contributed by atoms with van der Waals surface area (Å²) in [6, 6.07) is 0. The van der Waals surface area contributed by atoms with Gasteiger partial charge in [-0.1, -0.05) is 0 Å². The van der Waals surface area contributed by atoms with Crippen LogP contribution in [0, 0.1) is 11.3 Å². The maximum Gasteiger partial charge on any atom is 0.410 e. The minimum Gasteiger partial charge on any atom is -0.444 e. The van der Waals surface area contributed by atoms with Gasteiger partial charge in [-0.2, -0.15) is 8.78 Å². The predicted octanol–water partition coefficient (Wildman–Crippen LogP) is 1.81. The zero-order valence-corrected chi connectivity index (χ0v) is 10.8. The van der Waals surface area contributed by atoms with Crippen LogP contribution in [-0.2, 0) is 4.74 Å². The fraction of sp³-hybridized carbons (Fsp3) is 0.818. The molecule has 1 unspecified atom stereocenters. The lowest BCUT2D eigenvalue weighted by atomic mass is 10.00. The Kier molecular flexibility index (Phi) is 3.83. The highest BCUT2D eigenvalue weighted by molar-refractivity contribution is 5.84. The first kappa shape index (κ1) is 14.7. The largest absolute Gasteiger partial charge is 0.444 e. The maximum atomic E-state index is 13.5. The van der Waals surface area contributed by atoms with E-state index in [1.807, 2.05) is 0 Å². The molecule has 104 valence electrons. The Balaban J connectivity index is 2.62. The highest BCUT2D eigenvalue weighted by atomic mass is 19.3. The molecule has 0 aliphatic carbocycles. The molecule has 7 heteroatoms. The lowest BCUT2D eigenvalue weighted by Crippen LogP contribution is -2.44. The number of hydrogen-bond donors (Lipinski definition) is 2. The summed E-state index contributed by atoms with van der Waals surface area (Å²) in [7, 11) is 0. The number of halogens is 2. The fourth-order valence-electron chi connectivity index (χ4n) is 1.77. The highest BCUT2D eigenvalue weighted by Gasteiger charge is 2.47. The van der Waals surface area contributed by atoms with E-state index in [0.717, 1.165) is 0 Å². The van der Waals surface area contributed by atoms with Crippen molar-refractivity contribution in [3.05, 3.63) is 0 Å². The van der Waals surface area contributed by atoms with Crippen molar-refractivity contribution < 1.29 is 18.3 Å². The number of likely N-dealkylation sites (tertiary alicyclic amines) is 1. The van der Waals surface area contributed by atoms with Crippen molar-refractivity contribution >= 4 is 11.9 Å². The quantitative estimate of drug-likeness (QED) is 0.589. The third kappa shape index (κ3) is 3.30. The minimum absolute atomic E-state index is 0.117. The molecule has 0 aromatic carbocycles. The third-order valence-corrected chi connectivity index (χ3v) is 2.71. The second-order valence-corrected chi connectivity index (χ2v) is 5.45. The molecule has 1 amide bonds. The third-order valence-electron chi connectivity index (χ3n) is 2.71. The van der Waals surface area contributed by atoms with Gasteiger partial charge in [0.1, 0.15) is 5.60 Å². The van der Waals surface area contributed by atoms with Gasteiger partial charge in [-0.05, 0) is 27.2 Å². The van der Waals surface area contributed by atoms with Crippen molar-refractivity contribution in [2.24, 2.45) is 11.7 Å². The first-order chi connectivity index (χ1) is 8.04. The first-order valence-corrected chi connectivity index (χ1v) is 5.74. The van der Waals surface area contributed by atoms with Gasteiger partial charge in [0.05, 0.1) is 0 Å². The summed E-state index contributed by atoms with van der Waals surface area (Å²) in [4.78, 5) is 12.9. The molecule has 0 bridgehead atoms. The number of nitrogens with zero attached hydrogens (tertiary/aromatic N) is 1. The minimum atomic E-state index is -3.36. The molecule has 0 aromatic heterocycles. The van der Waals surface area contributed by atoms with Gasteiger partial charge in [0, 0.05) is 19.0 Å². The van der Waals surface area contributed by atoms with Crippen LogP contribution in [0.15, 0.2) is 0 Å². The molecule has 1 rings (SSSR count). The van der Waals surface area contributed by atoms with E-state index in [1.54, 1.807) is 20.8 Å². The van der Waals surface area contributed by atoms with Crippen LogP contribution in [0.1, 0.15) is 27.2 Å². The maximum absolute atomic E-state index is 13.5. The van der Waals surface area contributed by atoms with Gasteiger partial charge in [0.2, 0.25) is 0 Å². The summed E-state index contributed by atoms with van der Waals surface area (Å²) < 4.78 is 32.1. The molecule has 3 N–H and O–H groups in total. The van der Waals surface area contributed by atoms with E-state index in [-0.39, 0.29) is 19.5 Å². The van der Waals surface area contributed by atoms with Gasteiger partial charge >= 0.3 is 12.0 Å². The zero-order chi connectivity index (χ0) is 14.1. The molecule has 18 heavy (non-hydrogen) atoms. The van der Waals surface area contributed by atoms with E-state index in [1.165, 1.54) is 4.90 Å². The van der Waals surface area contributed by atoms with E-state index in [2.05, 4.69) is 0 Å². The van der Waals surface area contributed by atoms with E-state index in [0.29, 0.717) is 0 Å². The van der Waals surface area contributed by atoms with Crippen LogP contribution < -0.4 is 5.73 Å². The lowest BCUT2D eigenvalue weighted by molar-refractivity contribution is 0.00674. The van der Waals surface area contributed by atoms with Gasteiger partial charge in [-0.25, -0.2) is 4.79 Å². The van der Waals surface area contributed by atoms with Crippen molar-refractivity contribution in [3.63, 3.8) is 0 Å². The van der Waals surface area contributed by atoms with Crippen molar-refractivity contribution in [2.45, 2.75) is 38.7 Å². The number of rotatable bonds is 2. The number of ether oxygens (including phenoxy) is 1. The molecule has 0 saturated carbocycles. The molecule has 1 aliphatic rings. The van der Waals surface area contributed by atoms with Crippen LogP contribution in [0.2, 0.25) is 0 Å². The number of nitrogens with one attached hydrogen (secondary N) is 1. The Morgan fingerprint density at radius 3 is 2.44 bits per heavy atom. The zero-order valence-electron chi connectivity index (χ0n) is 10.8. The molecular weight excluding hydrogens is 244 g/mol. The average molecular weight is 263 g/mol. The number of hydrogen-bond acceptors (Lipinski definition) is 3. The number of amidine groups is 1. The lowest BCUT2D eigenvalue weighted by Gasteiger charge is -2.25. The summed E-state index contributed by atoms with van der Waals surface area (Å²) in [6.45, 7) is 5.19. The van der Waals surface area contributed by atoms with Crippen LogP contribution in [0.25, 0.3) is 0 Å². The average Bonchev–Trinajstić information content (AvgIpc) is 2.63. The van der Waals surface area contributed by atoms with Crippen LogP contribution in [0.3, 0.4) is 0 Å². The number of carbonyl (C=O) groups is 1. The fourth-order valence-corrected chi connectivity index (χ4v) is 1.77. The second kappa shape index (κ2) is 4.70. The summed E-state index contributed by atoms with van der Waals surface area (Å²) in [5.41, 5.74) is 4.22. The van der Waals surface area contributed by atoms with Gasteiger partial charge in [-0.15, -0.1) is 0 Å². The van der Waals surface area contributed by atoms with Crippen LogP contribution >= 0.6 is 0 Å². The normalized spacial score (nSPS) is 20.9. The molecular formula is C11H19F2N3O2. The number of alkyl halides is 2. The SMILES string of the molecule is CC(C)(C)OC(=O)N1CCC(C(F)(F)C(=N)N)C1. The molecule has 0 radical (unpaired) electrons. The number of amides is 1. The van der Waals surface area contributed by atoms with Crippen molar-refractivity contribution in [3.8, 4) is 0 Å². The Labute approximate surface area is 105 Å².